The number of aryl methyl sites for hydroxylation is 1. The average molecular weight is 398 g/mol. The van der Waals surface area contributed by atoms with Crippen molar-refractivity contribution < 1.29 is 9.59 Å². The molecule has 1 atom stereocenters. The van der Waals surface area contributed by atoms with E-state index in [4.69, 9.17) is 0 Å². The zero-order valence-electron chi connectivity index (χ0n) is 16.0. The van der Waals surface area contributed by atoms with Gasteiger partial charge in [0.2, 0.25) is 0 Å². The molecule has 2 amide bonds. The van der Waals surface area contributed by atoms with Crippen LogP contribution < -0.4 is 10.6 Å². The second-order valence-electron chi connectivity index (χ2n) is 6.91. The molecule has 2 aromatic heterocycles. The summed E-state index contributed by atoms with van der Waals surface area (Å²) < 4.78 is 1.67. The van der Waals surface area contributed by atoms with Gasteiger partial charge >= 0.3 is 0 Å². The van der Waals surface area contributed by atoms with Crippen LogP contribution in [0.2, 0.25) is 0 Å². The van der Waals surface area contributed by atoms with E-state index in [-0.39, 0.29) is 17.9 Å². The number of thiazole rings is 1. The van der Waals surface area contributed by atoms with E-state index >= 15 is 0 Å². The smallest absolute Gasteiger partial charge is 0.287 e. The number of nitrogens with zero attached hydrogens (tertiary/aromatic N) is 3. The second kappa shape index (κ2) is 8.79. The number of para-hydroxylation sites is 1. The number of hydrogen-bond donors (Lipinski definition) is 2. The fourth-order valence-corrected chi connectivity index (χ4v) is 3.63. The highest BCUT2D eigenvalue weighted by molar-refractivity contribution is 7.10. The van der Waals surface area contributed by atoms with Crippen LogP contribution in [-0.4, -0.2) is 26.3 Å². The van der Waals surface area contributed by atoms with Gasteiger partial charge in [0.15, 0.2) is 5.82 Å². The highest BCUT2D eigenvalue weighted by Gasteiger charge is 2.23. The van der Waals surface area contributed by atoms with Gasteiger partial charge in [0, 0.05) is 30.5 Å². The molecule has 1 aromatic carbocycles. The van der Waals surface area contributed by atoms with Crippen LogP contribution in [-0.2, 0) is 7.05 Å². The zero-order chi connectivity index (χ0) is 20.1. The summed E-state index contributed by atoms with van der Waals surface area (Å²) in [5, 5.41) is 8.25. The first-order valence-electron chi connectivity index (χ1n) is 9.04. The zero-order valence-corrected chi connectivity index (χ0v) is 16.9. The summed E-state index contributed by atoms with van der Waals surface area (Å²) in [6.45, 7) is 4.16. The third-order valence-corrected chi connectivity index (χ3v) is 5.08. The summed E-state index contributed by atoms with van der Waals surface area (Å²) in [5.74, 6) is 0.153. The Labute approximate surface area is 167 Å². The molecule has 0 aliphatic carbocycles. The molecular formula is C20H23N5O2S. The fourth-order valence-electron chi connectivity index (χ4n) is 2.77. The predicted molar refractivity (Wildman–Crippen MR) is 109 cm³/mol. The average Bonchev–Trinajstić information content (AvgIpc) is 3.31. The quantitative estimate of drug-likeness (QED) is 0.637. The van der Waals surface area contributed by atoms with Gasteiger partial charge < -0.3 is 15.2 Å². The van der Waals surface area contributed by atoms with E-state index < -0.39 is 0 Å². The van der Waals surface area contributed by atoms with Crippen LogP contribution in [0.5, 0.6) is 0 Å². The number of carbonyl (C=O) groups is 2. The molecule has 8 heteroatoms. The van der Waals surface area contributed by atoms with E-state index in [2.05, 4.69) is 34.4 Å². The number of benzene rings is 1. The lowest BCUT2D eigenvalue weighted by Crippen LogP contribution is -2.31. The molecule has 0 radical (unpaired) electrons. The number of hydrogen-bond acceptors (Lipinski definition) is 5. The van der Waals surface area contributed by atoms with Crippen LogP contribution in [0, 0.1) is 5.92 Å². The van der Waals surface area contributed by atoms with Gasteiger partial charge in [-0.15, -0.1) is 11.3 Å². The van der Waals surface area contributed by atoms with Crippen LogP contribution >= 0.6 is 11.3 Å². The molecule has 28 heavy (non-hydrogen) atoms. The summed E-state index contributed by atoms with van der Waals surface area (Å²) in [4.78, 5) is 33.6. The molecule has 0 unspecified atom stereocenters. The van der Waals surface area contributed by atoms with Gasteiger partial charge in [-0.1, -0.05) is 32.0 Å². The normalized spacial score (nSPS) is 12.0. The van der Waals surface area contributed by atoms with E-state index in [1.807, 2.05) is 30.3 Å². The molecule has 0 bridgehead atoms. The molecule has 146 valence electrons. The van der Waals surface area contributed by atoms with Crippen LogP contribution in [0.25, 0.3) is 0 Å². The molecular weight excluding hydrogens is 374 g/mol. The van der Waals surface area contributed by atoms with Gasteiger partial charge in [0.1, 0.15) is 10.7 Å². The summed E-state index contributed by atoms with van der Waals surface area (Å²) >= 11 is 1.37. The molecule has 2 heterocycles. The maximum atomic E-state index is 12.6. The van der Waals surface area contributed by atoms with Gasteiger partial charge in [0.05, 0.1) is 6.04 Å². The van der Waals surface area contributed by atoms with Gasteiger partial charge in [-0.2, -0.15) is 0 Å². The van der Waals surface area contributed by atoms with E-state index in [0.29, 0.717) is 34.6 Å². The number of carbonyl (C=O) groups excluding carboxylic acids is 2. The number of nitrogens with one attached hydrogen (secondary N) is 2. The Kier molecular flexibility index (Phi) is 6.20. The minimum Gasteiger partial charge on any atom is -0.340 e. The van der Waals surface area contributed by atoms with Crippen molar-refractivity contribution in [2.45, 2.75) is 26.3 Å². The molecule has 0 spiro atoms. The molecule has 3 rings (SSSR count). The largest absolute Gasteiger partial charge is 0.340 e. The molecule has 0 saturated carbocycles. The number of imidazole rings is 1. The lowest BCUT2D eigenvalue weighted by atomic mass is 10.0. The molecule has 0 fully saturated rings. The van der Waals surface area contributed by atoms with Crippen molar-refractivity contribution in [1.82, 2.24) is 19.9 Å². The van der Waals surface area contributed by atoms with E-state index in [0.717, 1.165) is 0 Å². The van der Waals surface area contributed by atoms with Gasteiger partial charge in [-0.25, -0.2) is 9.97 Å². The number of amides is 2. The molecule has 0 saturated heterocycles. The van der Waals surface area contributed by atoms with Crippen molar-refractivity contribution in [2.24, 2.45) is 13.0 Å². The third-order valence-electron chi connectivity index (χ3n) is 4.12. The first-order valence-corrected chi connectivity index (χ1v) is 9.92. The monoisotopic (exact) mass is 397 g/mol. The van der Waals surface area contributed by atoms with Gasteiger partial charge in [-0.3, -0.25) is 9.59 Å². The van der Waals surface area contributed by atoms with Crippen molar-refractivity contribution in [3.63, 3.8) is 0 Å². The lowest BCUT2D eigenvalue weighted by molar-refractivity contribution is 0.0918. The summed E-state index contributed by atoms with van der Waals surface area (Å²) in [7, 11) is 1.77. The van der Waals surface area contributed by atoms with E-state index in [1.165, 1.54) is 11.3 Å². The summed E-state index contributed by atoms with van der Waals surface area (Å²) in [6, 6.07) is 8.95. The lowest BCUT2D eigenvalue weighted by Gasteiger charge is -2.18. The summed E-state index contributed by atoms with van der Waals surface area (Å²) in [5.41, 5.74) is 1.05. The van der Waals surface area contributed by atoms with Crippen LogP contribution in [0.3, 0.4) is 0 Å². The highest BCUT2D eigenvalue weighted by atomic mass is 32.1. The van der Waals surface area contributed by atoms with E-state index in [1.54, 1.807) is 29.4 Å². The molecule has 2 N–H and O–H groups in total. The minimum absolute atomic E-state index is 0.261. The Bertz CT molecular complexity index is 948. The maximum absolute atomic E-state index is 12.6. The van der Waals surface area contributed by atoms with Gasteiger partial charge in [0.25, 0.3) is 11.8 Å². The van der Waals surface area contributed by atoms with Crippen molar-refractivity contribution in [3.8, 4) is 0 Å². The van der Waals surface area contributed by atoms with Crippen molar-refractivity contribution in [3.05, 3.63) is 64.6 Å². The number of anilines is 1. The minimum atomic E-state index is -0.285. The molecule has 3 aromatic rings. The Balaban J connectivity index is 1.75. The Hall–Kier alpha value is -3.00. The molecule has 0 aliphatic rings. The topological polar surface area (TPSA) is 88.9 Å². The number of rotatable bonds is 7. The van der Waals surface area contributed by atoms with E-state index in [9.17, 15) is 9.59 Å². The van der Waals surface area contributed by atoms with Crippen LogP contribution in [0.15, 0.2) is 48.1 Å². The number of aromatic nitrogens is 3. The SMILES string of the molecule is CC(C)C[C@H](NC(=O)c1nccn1C)c1nc(C(=O)Nc2ccccc2)cs1. The fraction of sp³-hybridized carbons (Fsp3) is 0.300. The predicted octanol–water partition coefficient (Wildman–Crippen LogP) is 3.65. The summed E-state index contributed by atoms with van der Waals surface area (Å²) in [6.07, 6.45) is 4.02. The standard InChI is InChI=1S/C20H23N5O2S/c1-13(2)11-15(23-19(27)17-21-9-10-25(17)3)20-24-16(12-28-20)18(26)22-14-7-5-4-6-8-14/h4-10,12-13,15H,11H2,1-3H3,(H,22,26)(H,23,27)/t15-/m0/s1. The van der Waals surface area contributed by atoms with Crippen LogP contribution in [0.1, 0.15) is 52.4 Å². The van der Waals surface area contributed by atoms with Gasteiger partial charge in [-0.05, 0) is 24.5 Å². The van der Waals surface area contributed by atoms with Crippen LogP contribution in [0.4, 0.5) is 5.69 Å². The Morgan fingerprint density at radius 3 is 2.57 bits per heavy atom. The van der Waals surface area contributed by atoms with Crippen molar-refractivity contribution >= 4 is 28.8 Å². The first kappa shape index (κ1) is 19.8. The maximum Gasteiger partial charge on any atom is 0.287 e. The molecule has 0 aliphatic heterocycles. The Morgan fingerprint density at radius 1 is 1.18 bits per heavy atom. The first-order chi connectivity index (χ1) is 13.4. The second-order valence-corrected chi connectivity index (χ2v) is 7.80. The van der Waals surface area contributed by atoms with Crippen molar-refractivity contribution in [1.29, 1.82) is 0 Å². The Morgan fingerprint density at radius 2 is 1.93 bits per heavy atom. The van der Waals surface area contributed by atoms with Crippen molar-refractivity contribution in [2.75, 3.05) is 5.32 Å². The highest BCUT2D eigenvalue weighted by Crippen LogP contribution is 2.25. The third kappa shape index (κ3) is 4.83. The molecule has 7 nitrogen and oxygen atoms in total.